The highest BCUT2D eigenvalue weighted by atomic mass is 16.2. The molecule has 4 heteroatoms. The van der Waals surface area contributed by atoms with E-state index >= 15 is 0 Å². The minimum Gasteiger partial charge on any atom is -0.352 e. The van der Waals surface area contributed by atoms with Gasteiger partial charge >= 0.3 is 0 Å². The largest absolute Gasteiger partial charge is 0.352 e. The van der Waals surface area contributed by atoms with Crippen molar-refractivity contribution in [1.29, 1.82) is 0 Å². The highest BCUT2D eigenvalue weighted by molar-refractivity contribution is 5.78. The highest BCUT2D eigenvalue weighted by Gasteiger charge is 2.32. The van der Waals surface area contributed by atoms with Crippen LogP contribution in [-0.4, -0.2) is 49.6 Å². The molecule has 1 aliphatic carbocycles. The molecule has 1 heterocycles. The van der Waals surface area contributed by atoms with Crippen molar-refractivity contribution in [1.82, 2.24) is 15.5 Å². The van der Waals surface area contributed by atoms with Gasteiger partial charge in [0, 0.05) is 32.2 Å². The summed E-state index contributed by atoms with van der Waals surface area (Å²) in [5, 5.41) is 6.56. The fraction of sp³-hybridized carbons (Fsp3) is 0.933. The SMILES string of the molecule is C[C@H]1C[C@@H](NC(=O)CN2CCNCC2)CC(C)(C)C1. The maximum Gasteiger partial charge on any atom is 0.234 e. The predicted molar refractivity (Wildman–Crippen MR) is 78.0 cm³/mol. The maximum absolute atomic E-state index is 12.1. The third kappa shape index (κ3) is 4.77. The molecule has 1 saturated heterocycles. The third-order valence-electron chi connectivity index (χ3n) is 4.33. The first kappa shape index (κ1) is 14.8. The monoisotopic (exact) mass is 267 g/mol. The quantitative estimate of drug-likeness (QED) is 0.808. The average Bonchev–Trinajstić information content (AvgIpc) is 2.26. The van der Waals surface area contributed by atoms with Crippen LogP contribution in [0.3, 0.4) is 0 Å². The van der Waals surface area contributed by atoms with E-state index in [0.29, 0.717) is 23.9 Å². The van der Waals surface area contributed by atoms with Crippen molar-refractivity contribution in [2.24, 2.45) is 11.3 Å². The zero-order chi connectivity index (χ0) is 13.9. The zero-order valence-electron chi connectivity index (χ0n) is 12.7. The van der Waals surface area contributed by atoms with Crippen LogP contribution < -0.4 is 10.6 Å². The summed E-state index contributed by atoms with van der Waals surface area (Å²) in [4.78, 5) is 14.4. The van der Waals surface area contributed by atoms with Crippen LogP contribution in [0.25, 0.3) is 0 Å². The Bertz CT molecular complexity index is 311. The van der Waals surface area contributed by atoms with E-state index in [4.69, 9.17) is 0 Å². The number of carbonyl (C=O) groups excluding carboxylic acids is 1. The first-order valence-electron chi connectivity index (χ1n) is 7.67. The number of piperazine rings is 1. The number of carbonyl (C=O) groups is 1. The van der Waals surface area contributed by atoms with Crippen LogP contribution in [0.5, 0.6) is 0 Å². The van der Waals surface area contributed by atoms with Crippen molar-refractivity contribution < 1.29 is 4.79 Å². The molecule has 19 heavy (non-hydrogen) atoms. The molecule has 1 amide bonds. The summed E-state index contributed by atoms with van der Waals surface area (Å²) in [5.74, 6) is 0.921. The van der Waals surface area contributed by atoms with Crippen LogP contribution in [0.2, 0.25) is 0 Å². The van der Waals surface area contributed by atoms with Crippen LogP contribution in [0.4, 0.5) is 0 Å². The number of rotatable bonds is 3. The normalized spacial score (nSPS) is 31.9. The number of nitrogens with zero attached hydrogens (tertiary/aromatic N) is 1. The Labute approximate surface area is 117 Å². The molecule has 0 aromatic carbocycles. The van der Waals surface area contributed by atoms with Gasteiger partial charge in [0.1, 0.15) is 0 Å². The van der Waals surface area contributed by atoms with Gasteiger partial charge in [0.25, 0.3) is 0 Å². The van der Waals surface area contributed by atoms with E-state index in [1.54, 1.807) is 0 Å². The summed E-state index contributed by atoms with van der Waals surface area (Å²) >= 11 is 0. The van der Waals surface area contributed by atoms with E-state index in [-0.39, 0.29) is 5.91 Å². The number of nitrogens with one attached hydrogen (secondary N) is 2. The molecule has 0 spiro atoms. The molecule has 0 radical (unpaired) electrons. The van der Waals surface area contributed by atoms with Gasteiger partial charge in [0.05, 0.1) is 6.54 Å². The number of hydrogen-bond acceptors (Lipinski definition) is 3. The summed E-state index contributed by atoms with van der Waals surface area (Å²) < 4.78 is 0. The molecule has 110 valence electrons. The Balaban J connectivity index is 1.78. The zero-order valence-corrected chi connectivity index (χ0v) is 12.7. The standard InChI is InChI=1S/C15H29N3O/c1-12-8-13(10-15(2,3)9-12)17-14(19)11-18-6-4-16-5-7-18/h12-13,16H,4-11H2,1-3H3,(H,17,19)/t12-,13+/m0/s1. The lowest BCUT2D eigenvalue weighted by Crippen LogP contribution is -2.50. The highest BCUT2D eigenvalue weighted by Crippen LogP contribution is 2.38. The van der Waals surface area contributed by atoms with Crippen molar-refractivity contribution in [3.05, 3.63) is 0 Å². The minimum atomic E-state index is 0.205. The molecule has 1 saturated carbocycles. The molecule has 2 rings (SSSR count). The van der Waals surface area contributed by atoms with E-state index in [1.807, 2.05) is 0 Å². The van der Waals surface area contributed by atoms with E-state index in [1.165, 1.54) is 6.42 Å². The lowest BCUT2D eigenvalue weighted by molar-refractivity contribution is -0.123. The summed E-state index contributed by atoms with van der Waals surface area (Å²) in [6, 6.07) is 0.370. The van der Waals surface area contributed by atoms with Crippen molar-refractivity contribution in [3.63, 3.8) is 0 Å². The summed E-state index contributed by atoms with van der Waals surface area (Å²) in [7, 11) is 0. The molecule has 2 atom stereocenters. The van der Waals surface area contributed by atoms with Crippen molar-refractivity contribution >= 4 is 5.91 Å². The van der Waals surface area contributed by atoms with Gasteiger partial charge < -0.3 is 10.6 Å². The second-order valence-electron chi connectivity index (χ2n) is 7.20. The Morgan fingerprint density at radius 3 is 2.63 bits per heavy atom. The number of amides is 1. The van der Waals surface area contributed by atoms with Crippen LogP contribution in [-0.2, 0) is 4.79 Å². The fourth-order valence-corrected chi connectivity index (χ4v) is 3.80. The predicted octanol–water partition coefficient (Wildman–Crippen LogP) is 1.22. The van der Waals surface area contributed by atoms with Gasteiger partial charge in [-0.15, -0.1) is 0 Å². The van der Waals surface area contributed by atoms with Gasteiger partial charge in [-0.1, -0.05) is 20.8 Å². The van der Waals surface area contributed by atoms with E-state index in [2.05, 4.69) is 36.3 Å². The molecule has 0 aromatic rings. The average molecular weight is 267 g/mol. The molecule has 1 aliphatic heterocycles. The van der Waals surface area contributed by atoms with E-state index < -0.39 is 0 Å². The van der Waals surface area contributed by atoms with Gasteiger partial charge in [0.2, 0.25) is 5.91 Å². The van der Waals surface area contributed by atoms with E-state index in [0.717, 1.165) is 39.0 Å². The molecule has 2 N–H and O–H groups in total. The van der Waals surface area contributed by atoms with Crippen molar-refractivity contribution in [3.8, 4) is 0 Å². The second kappa shape index (κ2) is 6.23. The lowest BCUT2D eigenvalue weighted by atomic mass is 9.70. The third-order valence-corrected chi connectivity index (χ3v) is 4.33. The Hall–Kier alpha value is -0.610. The Morgan fingerprint density at radius 2 is 2.00 bits per heavy atom. The fourth-order valence-electron chi connectivity index (χ4n) is 3.80. The maximum atomic E-state index is 12.1. The lowest BCUT2D eigenvalue weighted by Gasteiger charge is -2.39. The summed E-state index contributed by atoms with van der Waals surface area (Å²) in [6.45, 7) is 11.5. The van der Waals surface area contributed by atoms with Crippen LogP contribution in [0.15, 0.2) is 0 Å². The molecule has 0 bridgehead atoms. The van der Waals surface area contributed by atoms with Crippen molar-refractivity contribution in [2.45, 2.75) is 46.1 Å². The Morgan fingerprint density at radius 1 is 1.32 bits per heavy atom. The van der Waals surface area contributed by atoms with Gasteiger partial charge in [-0.05, 0) is 30.6 Å². The summed E-state index contributed by atoms with van der Waals surface area (Å²) in [5.41, 5.74) is 0.366. The molecule has 0 aromatic heterocycles. The van der Waals surface area contributed by atoms with Gasteiger partial charge in [-0.3, -0.25) is 9.69 Å². The first-order valence-corrected chi connectivity index (χ1v) is 7.67. The second-order valence-corrected chi connectivity index (χ2v) is 7.20. The first-order chi connectivity index (χ1) is 8.94. The topological polar surface area (TPSA) is 44.4 Å². The molecule has 4 nitrogen and oxygen atoms in total. The minimum absolute atomic E-state index is 0.205. The molecule has 2 aliphatic rings. The molecular formula is C15H29N3O. The van der Waals surface area contributed by atoms with Gasteiger partial charge in [0.15, 0.2) is 0 Å². The molecule has 2 fully saturated rings. The summed E-state index contributed by atoms with van der Waals surface area (Å²) in [6.07, 6.45) is 3.53. The van der Waals surface area contributed by atoms with Crippen LogP contribution >= 0.6 is 0 Å². The van der Waals surface area contributed by atoms with Crippen LogP contribution in [0.1, 0.15) is 40.0 Å². The van der Waals surface area contributed by atoms with Gasteiger partial charge in [-0.25, -0.2) is 0 Å². The smallest absolute Gasteiger partial charge is 0.234 e. The number of hydrogen-bond donors (Lipinski definition) is 2. The van der Waals surface area contributed by atoms with Crippen molar-refractivity contribution in [2.75, 3.05) is 32.7 Å². The van der Waals surface area contributed by atoms with E-state index in [9.17, 15) is 4.79 Å². The molecular weight excluding hydrogens is 238 g/mol. The Kier molecular flexibility index (Phi) is 4.85. The van der Waals surface area contributed by atoms with Crippen LogP contribution in [0, 0.1) is 11.3 Å². The molecule has 0 unspecified atom stereocenters. The van der Waals surface area contributed by atoms with Gasteiger partial charge in [-0.2, -0.15) is 0 Å².